The molecule has 1 N–H and O–H groups in total. The number of carbonyl (C=O) groups is 1. The summed E-state index contributed by atoms with van der Waals surface area (Å²) in [4.78, 5) is 13.5. The molecule has 0 unspecified atom stereocenters. The Balaban J connectivity index is 1.42. The van der Waals surface area contributed by atoms with Crippen molar-refractivity contribution in [2.75, 3.05) is 19.7 Å². The van der Waals surface area contributed by atoms with E-state index in [4.69, 9.17) is 4.74 Å². The monoisotopic (exact) mass is 338 g/mol. The molecule has 0 spiro atoms. The van der Waals surface area contributed by atoms with Crippen molar-refractivity contribution in [2.45, 2.75) is 32.4 Å². The number of benzene rings is 2. The second-order valence-electron chi connectivity index (χ2n) is 6.65. The van der Waals surface area contributed by atoms with E-state index in [1.54, 1.807) is 6.92 Å². The smallest absolute Gasteiger partial charge is 0.217 e. The van der Waals surface area contributed by atoms with Gasteiger partial charge in [-0.2, -0.15) is 0 Å². The van der Waals surface area contributed by atoms with E-state index in [1.807, 2.05) is 18.2 Å². The molecule has 4 heteroatoms. The summed E-state index contributed by atoms with van der Waals surface area (Å²) in [6.07, 6.45) is 1.95. The van der Waals surface area contributed by atoms with Crippen LogP contribution in [0.1, 0.15) is 24.5 Å². The van der Waals surface area contributed by atoms with E-state index in [1.165, 1.54) is 11.1 Å². The number of hydrogen-bond acceptors (Lipinski definition) is 3. The summed E-state index contributed by atoms with van der Waals surface area (Å²) >= 11 is 0. The van der Waals surface area contributed by atoms with Crippen molar-refractivity contribution in [1.82, 2.24) is 10.2 Å². The first-order valence-electron chi connectivity index (χ1n) is 8.94. The molecule has 1 heterocycles. The van der Waals surface area contributed by atoms with Gasteiger partial charge in [0.15, 0.2) is 0 Å². The van der Waals surface area contributed by atoms with Crippen LogP contribution in [-0.4, -0.2) is 36.5 Å². The summed E-state index contributed by atoms with van der Waals surface area (Å²) in [5, 5.41) is 3.00. The molecule has 132 valence electrons. The molecule has 1 amide bonds. The fourth-order valence-corrected chi connectivity index (χ4v) is 3.26. The molecule has 0 saturated carbocycles. The number of nitrogens with one attached hydrogen (secondary N) is 1. The first-order chi connectivity index (χ1) is 12.2. The van der Waals surface area contributed by atoms with Crippen molar-refractivity contribution >= 4 is 5.91 Å². The summed E-state index contributed by atoms with van der Waals surface area (Å²) in [6, 6.07) is 19.0. The molecule has 25 heavy (non-hydrogen) atoms. The predicted octanol–water partition coefficient (Wildman–Crippen LogP) is 3.02. The third-order valence-corrected chi connectivity index (χ3v) is 4.51. The first-order valence-corrected chi connectivity index (χ1v) is 8.94. The Bertz CT molecular complexity index is 670. The van der Waals surface area contributed by atoms with E-state index in [2.05, 4.69) is 46.6 Å². The lowest BCUT2D eigenvalue weighted by Gasteiger charge is -2.16. The van der Waals surface area contributed by atoms with Crippen LogP contribution in [0.3, 0.4) is 0 Å². The Morgan fingerprint density at radius 2 is 1.88 bits per heavy atom. The van der Waals surface area contributed by atoms with Gasteiger partial charge in [-0.05, 0) is 29.7 Å². The highest BCUT2D eigenvalue weighted by atomic mass is 16.5. The van der Waals surface area contributed by atoms with Crippen LogP contribution < -0.4 is 10.1 Å². The minimum Gasteiger partial charge on any atom is -0.493 e. The lowest BCUT2D eigenvalue weighted by atomic mass is 10.2. The number of likely N-dealkylation sites (tertiary alicyclic amines) is 1. The van der Waals surface area contributed by atoms with E-state index >= 15 is 0 Å². The van der Waals surface area contributed by atoms with Gasteiger partial charge in [0.05, 0.1) is 6.61 Å². The molecule has 1 aliphatic rings. The summed E-state index contributed by atoms with van der Waals surface area (Å²) < 4.78 is 5.83. The van der Waals surface area contributed by atoms with E-state index in [0.717, 1.165) is 38.2 Å². The van der Waals surface area contributed by atoms with Gasteiger partial charge < -0.3 is 10.1 Å². The van der Waals surface area contributed by atoms with E-state index in [-0.39, 0.29) is 11.9 Å². The molecule has 1 aliphatic heterocycles. The highest BCUT2D eigenvalue weighted by Gasteiger charge is 2.22. The van der Waals surface area contributed by atoms with Gasteiger partial charge in [-0.15, -0.1) is 0 Å². The number of carbonyl (C=O) groups excluding carboxylic acids is 1. The minimum absolute atomic E-state index is 0.0591. The Morgan fingerprint density at radius 1 is 1.12 bits per heavy atom. The summed E-state index contributed by atoms with van der Waals surface area (Å²) in [7, 11) is 0. The van der Waals surface area contributed by atoms with Crippen LogP contribution in [0.15, 0.2) is 54.6 Å². The van der Waals surface area contributed by atoms with Crippen LogP contribution in [0, 0.1) is 0 Å². The number of hydrogen-bond donors (Lipinski definition) is 1. The van der Waals surface area contributed by atoms with Crippen LogP contribution in [-0.2, 0) is 17.8 Å². The SMILES string of the molecule is CC(=O)N[C@H]1CCN(Cc2ccc(OCCc3ccccc3)cc2)C1. The molecule has 1 atom stereocenters. The molecule has 0 radical (unpaired) electrons. The Kier molecular flexibility index (Phi) is 6.07. The summed E-state index contributed by atoms with van der Waals surface area (Å²) in [5.41, 5.74) is 2.57. The average molecular weight is 338 g/mol. The Morgan fingerprint density at radius 3 is 2.60 bits per heavy atom. The molecule has 0 aliphatic carbocycles. The molecule has 1 fully saturated rings. The predicted molar refractivity (Wildman–Crippen MR) is 99.6 cm³/mol. The van der Waals surface area contributed by atoms with Crippen molar-refractivity contribution < 1.29 is 9.53 Å². The van der Waals surface area contributed by atoms with E-state index < -0.39 is 0 Å². The fourth-order valence-electron chi connectivity index (χ4n) is 3.26. The van der Waals surface area contributed by atoms with Gasteiger partial charge in [0, 0.05) is 39.0 Å². The third kappa shape index (κ3) is 5.61. The Hall–Kier alpha value is -2.33. The van der Waals surface area contributed by atoms with Gasteiger partial charge in [0.2, 0.25) is 5.91 Å². The molecule has 0 bridgehead atoms. The lowest BCUT2D eigenvalue weighted by molar-refractivity contribution is -0.119. The lowest BCUT2D eigenvalue weighted by Crippen LogP contribution is -2.35. The maximum Gasteiger partial charge on any atom is 0.217 e. The standard InChI is InChI=1S/C21H26N2O2/c1-17(24)22-20-11-13-23(16-20)15-19-7-9-21(10-8-19)25-14-12-18-5-3-2-4-6-18/h2-10,20H,11-16H2,1H3,(H,22,24)/t20-/m0/s1. The van der Waals surface area contributed by atoms with Crippen molar-refractivity contribution in [3.05, 3.63) is 65.7 Å². The molecule has 2 aromatic carbocycles. The molecule has 4 nitrogen and oxygen atoms in total. The number of ether oxygens (including phenoxy) is 1. The quantitative estimate of drug-likeness (QED) is 0.844. The van der Waals surface area contributed by atoms with Crippen molar-refractivity contribution in [3.8, 4) is 5.75 Å². The van der Waals surface area contributed by atoms with Crippen molar-refractivity contribution in [2.24, 2.45) is 0 Å². The largest absolute Gasteiger partial charge is 0.493 e. The zero-order chi connectivity index (χ0) is 17.5. The average Bonchev–Trinajstić information content (AvgIpc) is 3.03. The van der Waals surface area contributed by atoms with Crippen molar-refractivity contribution in [1.29, 1.82) is 0 Å². The molecule has 0 aromatic heterocycles. The van der Waals surface area contributed by atoms with Gasteiger partial charge >= 0.3 is 0 Å². The third-order valence-electron chi connectivity index (χ3n) is 4.51. The van der Waals surface area contributed by atoms with Gasteiger partial charge in [-0.1, -0.05) is 42.5 Å². The first kappa shape index (κ1) is 17.5. The molecule has 1 saturated heterocycles. The molecule has 2 aromatic rings. The van der Waals surface area contributed by atoms with Crippen LogP contribution in [0.5, 0.6) is 5.75 Å². The maximum atomic E-state index is 11.1. The highest BCUT2D eigenvalue weighted by molar-refractivity contribution is 5.73. The zero-order valence-electron chi connectivity index (χ0n) is 14.8. The minimum atomic E-state index is 0.0591. The summed E-state index contributed by atoms with van der Waals surface area (Å²) in [6.45, 7) is 5.14. The number of nitrogens with zero attached hydrogens (tertiary/aromatic N) is 1. The van der Waals surface area contributed by atoms with Crippen LogP contribution >= 0.6 is 0 Å². The number of rotatable bonds is 7. The summed E-state index contributed by atoms with van der Waals surface area (Å²) in [5.74, 6) is 0.973. The van der Waals surface area contributed by atoms with Crippen molar-refractivity contribution in [3.63, 3.8) is 0 Å². The topological polar surface area (TPSA) is 41.6 Å². The van der Waals surface area contributed by atoms with Crippen LogP contribution in [0.25, 0.3) is 0 Å². The van der Waals surface area contributed by atoms with Gasteiger partial charge in [-0.25, -0.2) is 0 Å². The fraction of sp³-hybridized carbons (Fsp3) is 0.381. The molecular formula is C21H26N2O2. The highest BCUT2D eigenvalue weighted by Crippen LogP contribution is 2.17. The normalized spacial score (nSPS) is 17.4. The molecule has 3 rings (SSSR count). The Labute approximate surface area is 149 Å². The number of amides is 1. The second-order valence-corrected chi connectivity index (χ2v) is 6.65. The zero-order valence-corrected chi connectivity index (χ0v) is 14.8. The van der Waals surface area contributed by atoms with Crippen LogP contribution in [0.4, 0.5) is 0 Å². The van der Waals surface area contributed by atoms with E-state index in [9.17, 15) is 4.79 Å². The van der Waals surface area contributed by atoms with Gasteiger partial charge in [-0.3, -0.25) is 9.69 Å². The van der Waals surface area contributed by atoms with Gasteiger partial charge in [0.25, 0.3) is 0 Å². The van der Waals surface area contributed by atoms with Gasteiger partial charge in [0.1, 0.15) is 5.75 Å². The van der Waals surface area contributed by atoms with Crippen LogP contribution in [0.2, 0.25) is 0 Å². The molecular weight excluding hydrogens is 312 g/mol. The maximum absolute atomic E-state index is 11.1. The second kappa shape index (κ2) is 8.67. The van der Waals surface area contributed by atoms with E-state index in [0.29, 0.717) is 6.61 Å².